The van der Waals surface area contributed by atoms with Crippen LogP contribution in [0.15, 0.2) is 36.2 Å². The molecule has 12 heavy (non-hydrogen) atoms. The topological polar surface area (TPSA) is 0 Å². The van der Waals surface area contributed by atoms with Crippen LogP contribution in [0.5, 0.6) is 0 Å². The van der Waals surface area contributed by atoms with Gasteiger partial charge in [-0.3, -0.25) is 0 Å². The molecule has 0 aliphatic carbocycles. The summed E-state index contributed by atoms with van der Waals surface area (Å²) < 4.78 is 12.0. The summed E-state index contributed by atoms with van der Waals surface area (Å²) in [7, 11) is 0. The third-order valence-electron chi connectivity index (χ3n) is 1.11. The molecule has 0 aliphatic rings. The molecule has 1 heteroatoms. The molecule has 0 radical (unpaired) electrons. The molecular formula is C11H19F. The van der Waals surface area contributed by atoms with E-state index in [4.69, 9.17) is 0 Å². The van der Waals surface area contributed by atoms with Gasteiger partial charge in [0.2, 0.25) is 0 Å². The molecule has 0 heterocycles. The van der Waals surface area contributed by atoms with Crippen LogP contribution in [0.1, 0.15) is 34.1 Å². The highest BCUT2D eigenvalue weighted by Gasteiger charge is 1.79. The van der Waals surface area contributed by atoms with Crippen molar-refractivity contribution in [3.63, 3.8) is 0 Å². The number of rotatable bonds is 3. The van der Waals surface area contributed by atoms with Gasteiger partial charge < -0.3 is 0 Å². The van der Waals surface area contributed by atoms with Crippen LogP contribution < -0.4 is 0 Å². The predicted octanol–water partition coefficient (Wildman–Crippen LogP) is 4.41. The number of hydrogen-bond acceptors (Lipinski definition) is 0. The second-order valence-corrected chi connectivity index (χ2v) is 2.12. The predicted molar refractivity (Wildman–Crippen MR) is 54.8 cm³/mol. The Morgan fingerprint density at radius 1 is 1.42 bits per heavy atom. The summed E-state index contributed by atoms with van der Waals surface area (Å²) in [4.78, 5) is 0. The molecule has 0 N–H and O–H groups in total. The second kappa shape index (κ2) is 10.2. The van der Waals surface area contributed by atoms with Crippen LogP contribution in [0.3, 0.4) is 0 Å². The Balaban J connectivity index is 0. The molecule has 0 spiro atoms. The van der Waals surface area contributed by atoms with Crippen molar-refractivity contribution in [2.45, 2.75) is 34.1 Å². The van der Waals surface area contributed by atoms with Gasteiger partial charge in [-0.2, -0.15) is 0 Å². The van der Waals surface area contributed by atoms with Gasteiger partial charge in [-0.15, -0.1) is 0 Å². The molecule has 0 aliphatic heterocycles. The van der Waals surface area contributed by atoms with E-state index in [0.717, 1.165) is 12.0 Å². The molecule has 0 atom stereocenters. The highest BCUT2D eigenvalue weighted by Crippen LogP contribution is 1.99. The lowest BCUT2D eigenvalue weighted by Crippen LogP contribution is -1.67. The van der Waals surface area contributed by atoms with Crippen LogP contribution in [-0.4, -0.2) is 0 Å². The van der Waals surface area contributed by atoms with Gasteiger partial charge in [0, 0.05) is 0 Å². The van der Waals surface area contributed by atoms with E-state index in [9.17, 15) is 4.39 Å². The molecular weight excluding hydrogens is 151 g/mol. The van der Waals surface area contributed by atoms with Crippen LogP contribution in [0.4, 0.5) is 4.39 Å². The summed E-state index contributed by atoms with van der Waals surface area (Å²) in [5.41, 5.74) is 1.01. The summed E-state index contributed by atoms with van der Waals surface area (Å²) in [5.74, 6) is -0.180. The first-order valence-corrected chi connectivity index (χ1v) is 4.35. The molecule has 0 saturated carbocycles. The largest absolute Gasteiger partial charge is 0.212 e. The van der Waals surface area contributed by atoms with Crippen molar-refractivity contribution in [3.05, 3.63) is 36.2 Å². The van der Waals surface area contributed by atoms with E-state index >= 15 is 0 Å². The smallest absolute Gasteiger partial charge is 0.0968 e. The Bertz CT molecular complexity index is 160. The third kappa shape index (κ3) is 11.9. The van der Waals surface area contributed by atoms with Gasteiger partial charge in [0.15, 0.2) is 0 Å². The van der Waals surface area contributed by atoms with E-state index in [0.29, 0.717) is 0 Å². The lowest BCUT2D eigenvalue weighted by atomic mass is 10.2. The highest BCUT2D eigenvalue weighted by atomic mass is 19.1. The summed E-state index contributed by atoms with van der Waals surface area (Å²) >= 11 is 0. The molecule has 0 unspecified atom stereocenters. The van der Waals surface area contributed by atoms with E-state index < -0.39 is 0 Å². The molecule has 0 aromatic carbocycles. The molecule has 0 aromatic rings. The lowest BCUT2D eigenvalue weighted by Gasteiger charge is -1.87. The zero-order chi connectivity index (χ0) is 9.98. The molecule has 0 fully saturated rings. The SMILES string of the molecule is C=C(/C=C\C=C(/C)F)CC.CC. The summed E-state index contributed by atoms with van der Waals surface area (Å²) in [5, 5.41) is 0. The minimum atomic E-state index is -0.180. The minimum absolute atomic E-state index is 0.180. The maximum atomic E-state index is 12.0. The normalized spacial score (nSPS) is 10.9. The molecule has 0 bridgehead atoms. The Morgan fingerprint density at radius 3 is 2.25 bits per heavy atom. The zero-order valence-corrected chi connectivity index (χ0v) is 8.52. The first-order chi connectivity index (χ1) is 5.66. The van der Waals surface area contributed by atoms with Gasteiger partial charge in [-0.05, 0) is 19.4 Å². The Morgan fingerprint density at radius 2 is 1.92 bits per heavy atom. The van der Waals surface area contributed by atoms with Crippen molar-refractivity contribution in [3.8, 4) is 0 Å². The first-order valence-electron chi connectivity index (χ1n) is 4.35. The summed E-state index contributed by atoms with van der Waals surface area (Å²) in [6.07, 6.45) is 5.81. The van der Waals surface area contributed by atoms with Gasteiger partial charge in [0.05, 0.1) is 5.83 Å². The van der Waals surface area contributed by atoms with Gasteiger partial charge >= 0.3 is 0 Å². The highest BCUT2D eigenvalue weighted by molar-refractivity contribution is 5.19. The maximum absolute atomic E-state index is 12.0. The van der Waals surface area contributed by atoms with Crippen molar-refractivity contribution in [1.82, 2.24) is 0 Å². The van der Waals surface area contributed by atoms with Crippen molar-refractivity contribution < 1.29 is 4.39 Å². The molecule has 0 amide bonds. The lowest BCUT2D eigenvalue weighted by molar-refractivity contribution is 0.640. The summed E-state index contributed by atoms with van der Waals surface area (Å²) in [6, 6.07) is 0. The fourth-order valence-corrected chi connectivity index (χ4v) is 0.435. The van der Waals surface area contributed by atoms with Crippen LogP contribution in [0.2, 0.25) is 0 Å². The van der Waals surface area contributed by atoms with Gasteiger partial charge in [-0.25, -0.2) is 4.39 Å². The molecule has 0 saturated heterocycles. The third-order valence-corrected chi connectivity index (χ3v) is 1.11. The van der Waals surface area contributed by atoms with Gasteiger partial charge in [0.1, 0.15) is 0 Å². The number of allylic oxidation sites excluding steroid dienone is 5. The van der Waals surface area contributed by atoms with Gasteiger partial charge in [0.25, 0.3) is 0 Å². The van der Waals surface area contributed by atoms with Crippen molar-refractivity contribution in [1.29, 1.82) is 0 Å². The monoisotopic (exact) mass is 170 g/mol. The Labute approximate surface area is 75.5 Å². The van der Waals surface area contributed by atoms with Crippen molar-refractivity contribution in [2.24, 2.45) is 0 Å². The minimum Gasteiger partial charge on any atom is -0.212 e. The van der Waals surface area contributed by atoms with Gasteiger partial charge in [-0.1, -0.05) is 45.1 Å². The average Bonchev–Trinajstić information content (AvgIpc) is 2.07. The fourth-order valence-electron chi connectivity index (χ4n) is 0.435. The second-order valence-electron chi connectivity index (χ2n) is 2.12. The molecule has 70 valence electrons. The zero-order valence-electron chi connectivity index (χ0n) is 8.52. The van der Waals surface area contributed by atoms with Crippen molar-refractivity contribution >= 4 is 0 Å². The molecule has 0 rings (SSSR count). The van der Waals surface area contributed by atoms with E-state index in [1.807, 2.05) is 26.8 Å². The van der Waals surface area contributed by atoms with E-state index in [1.54, 1.807) is 6.08 Å². The fraction of sp³-hybridized carbons (Fsp3) is 0.455. The Kier molecular flexibility index (Phi) is 11.6. The number of hydrogen-bond donors (Lipinski definition) is 0. The molecule has 0 aromatic heterocycles. The quantitative estimate of drug-likeness (QED) is 0.550. The van der Waals surface area contributed by atoms with E-state index in [2.05, 4.69) is 6.58 Å². The number of halogens is 1. The molecule has 0 nitrogen and oxygen atoms in total. The van der Waals surface area contributed by atoms with Crippen LogP contribution in [-0.2, 0) is 0 Å². The van der Waals surface area contributed by atoms with E-state index in [-0.39, 0.29) is 5.83 Å². The summed E-state index contributed by atoms with van der Waals surface area (Å²) in [6.45, 7) is 11.2. The van der Waals surface area contributed by atoms with Crippen LogP contribution >= 0.6 is 0 Å². The maximum Gasteiger partial charge on any atom is 0.0968 e. The standard InChI is InChI=1S/C9H13F.C2H6/c1-4-8(2)6-5-7-9(3)10;1-2/h5-7H,2,4H2,1,3H3;1-2H3/b6-5-,9-7+;. The average molecular weight is 170 g/mol. The first kappa shape index (κ1) is 13.7. The van der Waals surface area contributed by atoms with E-state index in [1.165, 1.54) is 13.0 Å². The van der Waals surface area contributed by atoms with Crippen LogP contribution in [0.25, 0.3) is 0 Å². The van der Waals surface area contributed by atoms with Crippen LogP contribution in [0, 0.1) is 0 Å². The Hall–Kier alpha value is -0.850. The van der Waals surface area contributed by atoms with Crippen molar-refractivity contribution in [2.75, 3.05) is 0 Å².